The molecule has 1 aromatic carbocycles. The summed E-state index contributed by atoms with van der Waals surface area (Å²) in [5, 5.41) is 11.7. The minimum atomic E-state index is 0.00110. The maximum absolute atomic E-state index is 5.20. The van der Waals surface area contributed by atoms with Gasteiger partial charge < -0.3 is 15.2 Å². The van der Waals surface area contributed by atoms with Crippen LogP contribution >= 0.6 is 23.3 Å². The van der Waals surface area contributed by atoms with Crippen molar-refractivity contribution in [2.75, 3.05) is 12.4 Å². The molecule has 166 valence electrons. The Morgan fingerprint density at radius 2 is 1.94 bits per heavy atom. The molecular formula is C23H31N5OS2. The number of aromatic nitrogens is 2. The molecule has 31 heavy (non-hydrogen) atoms. The normalized spacial score (nSPS) is 19.5. The Morgan fingerprint density at radius 3 is 2.61 bits per heavy atom. The number of benzene rings is 1. The van der Waals surface area contributed by atoms with Crippen LogP contribution in [0.4, 0.5) is 11.6 Å². The molecule has 1 fully saturated rings. The van der Waals surface area contributed by atoms with Crippen LogP contribution in [0.3, 0.4) is 0 Å². The van der Waals surface area contributed by atoms with Crippen LogP contribution in [0.5, 0.6) is 0 Å². The molecule has 1 saturated carbocycles. The Bertz CT molecular complexity index is 972. The van der Waals surface area contributed by atoms with E-state index in [2.05, 4.69) is 66.5 Å². The number of hydrogen-bond acceptors (Lipinski definition) is 8. The predicted molar refractivity (Wildman–Crippen MR) is 130 cm³/mol. The molecule has 2 aromatic heterocycles. The Labute approximate surface area is 192 Å². The SMILES string of the molecule is CNC1CCC(c2ncc(-c3ccc(Nc4ccno4)cc3SNC(C)(C)C)s2)CC1. The molecule has 3 aromatic rings. The summed E-state index contributed by atoms with van der Waals surface area (Å²) in [5.74, 6) is 1.21. The van der Waals surface area contributed by atoms with E-state index in [1.54, 1.807) is 18.1 Å². The Balaban J connectivity index is 1.57. The molecule has 0 spiro atoms. The molecule has 0 bridgehead atoms. The first-order valence-corrected chi connectivity index (χ1v) is 12.4. The lowest BCUT2D eigenvalue weighted by Crippen LogP contribution is -2.29. The summed E-state index contributed by atoms with van der Waals surface area (Å²) < 4.78 is 8.74. The van der Waals surface area contributed by atoms with Crippen LogP contribution in [-0.2, 0) is 0 Å². The molecule has 8 heteroatoms. The van der Waals surface area contributed by atoms with Gasteiger partial charge in [0.15, 0.2) is 0 Å². The van der Waals surface area contributed by atoms with Gasteiger partial charge in [0.2, 0.25) is 5.88 Å². The second kappa shape index (κ2) is 9.73. The summed E-state index contributed by atoms with van der Waals surface area (Å²) in [5.41, 5.74) is 2.17. The summed E-state index contributed by atoms with van der Waals surface area (Å²) in [6.45, 7) is 6.51. The van der Waals surface area contributed by atoms with Gasteiger partial charge >= 0.3 is 0 Å². The summed E-state index contributed by atoms with van der Waals surface area (Å²) in [6, 6.07) is 8.87. The molecule has 1 aliphatic rings. The Hall–Kier alpha value is -1.87. The molecule has 0 atom stereocenters. The van der Waals surface area contributed by atoms with E-state index in [1.165, 1.54) is 41.1 Å². The van der Waals surface area contributed by atoms with Gasteiger partial charge in [-0.2, -0.15) is 0 Å². The largest absolute Gasteiger partial charge is 0.339 e. The lowest BCUT2D eigenvalue weighted by Gasteiger charge is -2.26. The van der Waals surface area contributed by atoms with Crippen LogP contribution in [-0.4, -0.2) is 28.8 Å². The van der Waals surface area contributed by atoms with Crippen LogP contribution in [0.25, 0.3) is 10.4 Å². The highest BCUT2D eigenvalue weighted by molar-refractivity contribution is 7.97. The fourth-order valence-corrected chi connectivity index (χ4v) is 5.83. The third-order valence-electron chi connectivity index (χ3n) is 5.43. The first kappa shape index (κ1) is 22.3. The van der Waals surface area contributed by atoms with Crippen molar-refractivity contribution >= 4 is 34.9 Å². The first-order chi connectivity index (χ1) is 14.9. The van der Waals surface area contributed by atoms with Crippen molar-refractivity contribution in [2.24, 2.45) is 0 Å². The van der Waals surface area contributed by atoms with Gasteiger partial charge in [0.1, 0.15) is 0 Å². The number of rotatable bonds is 7. The zero-order valence-electron chi connectivity index (χ0n) is 18.6. The minimum absolute atomic E-state index is 0.00110. The second-order valence-corrected chi connectivity index (χ2v) is 11.0. The summed E-state index contributed by atoms with van der Waals surface area (Å²) in [6.07, 6.45) is 8.57. The van der Waals surface area contributed by atoms with Crippen LogP contribution in [0, 0.1) is 0 Å². The van der Waals surface area contributed by atoms with Crippen molar-refractivity contribution in [3.05, 3.63) is 41.7 Å². The molecule has 6 nitrogen and oxygen atoms in total. The lowest BCUT2D eigenvalue weighted by atomic mass is 9.86. The lowest BCUT2D eigenvalue weighted by molar-refractivity contribution is 0.358. The molecule has 0 aliphatic heterocycles. The average molecular weight is 458 g/mol. The third-order valence-corrected chi connectivity index (χ3v) is 7.89. The number of hydrogen-bond donors (Lipinski definition) is 3. The molecule has 1 aliphatic carbocycles. The fourth-order valence-electron chi connectivity index (χ4n) is 3.75. The summed E-state index contributed by atoms with van der Waals surface area (Å²) in [4.78, 5) is 7.21. The maximum Gasteiger partial charge on any atom is 0.228 e. The van der Waals surface area contributed by atoms with Gasteiger partial charge in [-0.05, 0) is 77.6 Å². The predicted octanol–water partition coefficient (Wildman–Crippen LogP) is 6.18. The number of nitrogens with zero attached hydrogens (tertiary/aromatic N) is 2. The molecule has 2 heterocycles. The van der Waals surface area contributed by atoms with E-state index in [9.17, 15) is 0 Å². The standard InChI is InChI=1S/C23H31N5OS2/c1-23(2,3)28-31-19-13-17(27-21-11-12-26-29-21)9-10-18(19)20-14-25-22(30-20)15-5-7-16(24-4)8-6-15/h9-16,24,27-28H,5-8H2,1-4H3. The quantitative estimate of drug-likeness (QED) is 0.366. The van der Waals surface area contributed by atoms with E-state index in [4.69, 9.17) is 9.51 Å². The minimum Gasteiger partial charge on any atom is -0.339 e. The number of nitrogens with one attached hydrogen (secondary N) is 3. The zero-order valence-corrected chi connectivity index (χ0v) is 20.2. The average Bonchev–Trinajstić information content (AvgIpc) is 3.44. The monoisotopic (exact) mass is 457 g/mol. The van der Waals surface area contributed by atoms with Crippen molar-refractivity contribution in [1.82, 2.24) is 20.2 Å². The molecule has 0 amide bonds. The zero-order chi connectivity index (χ0) is 21.8. The van der Waals surface area contributed by atoms with Crippen molar-refractivity contribution in [3.63, 3.8) is 0 Å². The highest BCUT2D eigenvalue weighted by Gasteiger charge is 2.24. The van der Waals surface area contributed by atoms with Gasteiger partial charge in [0.25, 0.3) is 0 Å². The van der Waals surface area contributed by atoms with E-state index in [0.29, 0.717) is 17.8 Å². The highest BCUT2D eigenvalue weighted by atomic mass is 32.2. The van der Waals surface area contributed by atoms with Crippen LogP contribution in [0.2, 0.25) is 0 Å². The smallest absolute Gasteiger partial charge is 0.228 e. The van der Waals surface area contributed by atoms with Crippen molar-refractivity contribution in [1.29, 1.82) is 0 Å². The fraction of sp³-hybridized carbons (Fsp3) is 0.478. The van der Waals surface area contributed by atoms with E-state index in [-0.39, 0.29) is 5.54 Å². The molecular weight excluding hydrogens is 426 g/mol. The van der Waals surface area contributed by atoms with Crippen molar-refractivity contribution < 1.29 is 4.52 Å². The second-order valence-electron chi connectivity index (χ2n) is 9.07. The molecule has 0 saturated heterocycles. The summed E-state index contributed by atoms with van der Waals surface area (Å²) in [7, 11) is 2.07. The highest BCUT2D eigenvalue weighted by Crippen LogP contribution is 2.41. The van der Waals surface area contributed by atoms with Crippen LogP contribution in [0.15, 0.2) is 46.1 Å². The van der Waals surface area contributed by atoms with Crippen LogP contribution in [0.1, 0.15) is 57.4 Å². The first-order valence-electron chi connectivity index (χ1n) is 10.8. The molecule has 3 N–H and O–H groups in total. The van der Waals surface area contributed by atoms with Gasteiger partial charge in [-0.3, -0.25) is 4.72 Å². The Morgan fingerprint density at radius 1 is 1.13 bits per heavy atom. The molecule has 0 radical (unpaired) electrons. The van der Waals surface area contributed by atoms with Gasteiger partial charge in [-0.25, -0.2) is 4.98 Å². The number of anilines is 2. The van der Waals surface area contributed by atoms with E-state index >= 15 is 0 Å². The maximum atomic E-state index is 5.20. The Kier molecular flexibility index (Phi) is 7.01. The van der Waals surface area contributed by atoms with Gasteiger partial charge in [-0.1, -0.05) is 11.2 Å². The summed E-state index contributed by atoms with van der Waals surface area (Å²) >= 11 is 3.50. The van der Waals surface area contributed by atoms with Crippen molar-refractivity contribution in [3.8, 4) is 10.4 Å². The molecule has 4 rings (SSSR count). The topological polar surface area (TPSA) is 75.0 Å². The van der Waals surface area contributed by atoms with E-state index in [1.807, 2.05) is 23.6 Å². The van der Waals surface area contributed by atoms with Gasteiger partial charge in [0.05, 0.1) is 16.1 Å². The van der Waals surface area contributed by atoms with Crippen LogP contribution < -0.4 is 15.4 Å². The van der Waals surface area contributed by atoms with Gasteiger partial charge in [0, 0.05) is 45.9 Å². The van der Waals surface area contributed by atoms with E-state index in [0.717, 1.165) is 10.6 Å². The molecule has 0 unspecified atom stereocenters. The van der Waals surface area contributed by atoms with Crippen molar-refractivity contribution in [2.45, 2.75) is 68.8 Å². The third kappa shape index (κ3) is 5.88. The van der Waals surface area contributed by atoms with E-state index < -0.39 is 0 Å². The van der Waals surface area contributed by atoms with Gasteiger partial charge in [-0.15, -0.1) is 11.3 Å². The number of thiazole rings is 1.